The van der Waals surface area contributed by atoms with Crippen LogP contribution < -0.4 is 0 Å². The van der Waals surface area contributed by atoms with Crippen LogP contribution in [-0.2, 0) is 9.26 Å². The highest BCUT2D eigenvalue weighted by molar-refractivity contribution is 6.74. The van der Waals surface area contributed by atoms with Crippen molar-refractivity contribution in [3.05, 3.63) is 0 Å². The molecule has 4 fully saturated rings. The van der Waals surface area contributed by atoms with Crippen LogP contribution >= 0.6 is 0 Å². The van der Waals surface area contributed by atoms with Crippen molar-refractivity contribution in [2.24, 2.45) is 39.7 Å². The summed E-state index contributed by atoms with van der Waals surface area (Å²) in [5.41, 5.74) is 2.18. The summed E-state index contributed by atoms with van der Waals surface area (Å²) in [5.74, 6) is 3.49. The van der Waals surface area contributed by atoms with Gasteiger partial charge in [0.1, 0.15) is 7.11 Å². The first kappa shape index (κ1) is 22.8. The van der Waals surface area contributed by atoms with Gasteiger partial charge in [-0.1, -0.05) is 39.8 Å². The second-order valence-corrected chi connectivity index (χ2v) is 17.9. The molecule has 0 spiro atoms. The molecule has 0 radical (unpaired) electrons. The summed E-state index contributed by atoms with van der Waals surface area (Å²) in [5, 5.41) is 4.79. The average molecular weight is 434 g/mol. The number of hydrogen-bond donors (Lipinski definition) is 0. The summed E-state index contributed by atoms with van der Waals surface area (Å²) in [6.45, 7) is 17.1. The van der Waals surface area contributed by atoms with Gasteiger partial charge >= 0.3 is 0 Å². The zero-order valence-electron chi connectivity index (χ0n) is 21.0. The molecule has 0 N–H and O–H groups in total. The predicted octanol–water partition coefficient (Wildman–Crippen LogP) is 7.42. The van der Waals surface area contributed by atoms with Gasteiger partial charge < -0.3 is 9.26 Å². The van der Waals surface area contributed by atoms with Crippen LogP contribution in [0.2, 0.25) is 18.1 Å². The third-order valence-electron chi connectivity index (χ3n) is 10.8. The third kappa shape index (κ3) is 3.52. The minimum atomic E-state index is -1.68. The molecule has 172 valence electrons. The van der Waals surface area contributed by atoms with E-state index in [1.165, 1.54) is 57.1 Å². The first-order valence-electron chi connectivity index (χ1n) is 12.7. The topological polar surface area (TPSA) is 30.8 Å². The van der Waals surface area contributed by atoms with Crippen LogP contribution in [0, 0.1) is 34.5 Å². The Morgan fingerprint density at radius 2 is 1.70 bits per heavy atom. The Labute approximate surface area is 186 Å². The van der Waals surface area contributed by atoms with Crippen LogP contribution in [0.1, 0.15) is 92.4 Å². The van der Waals surface area contributed by atoms with Gasteiger partial charge in [0, 0.05) is 11.5 Å². The lowest BCUT2D eigenvalue weighted by Gasteiger charge is -2.60. The standard InChI is InChI=1S/C26H47NO2Si/c1-24(2,3)30(7,8)29-19-13-15-25(4)18(17-19)9-10-20-21-11-12-23(27-28-6)26(21,5)16-14-22(20)25/h18-22H,9-17H2,1-8H3/t18-,19-,20?,21?,22?,25-,26-/m0/s1. The summed E-state index contributed by atoms with van der Waals surface area (Å²) in [6.07, 6.45) is 12.5. The Kier molecular flexibility index (Phi) is 5.79. The van der Waals surface area contributed by atoms with E-state index in [1.807, 2.05) is 0 Å². The third-order valence-corrected chi connectivity index (χ3v) is 15.4. The molecule has 4 heteroatoms. The van der Waals surface area contributed by atoms with E-state index in [9.17, 15) is 0 Å². The highest BCUT2D eigenvalue weighted by Crippen LogP contribution is 2.66. The molecule has 0 aromatic carbocycles. The van der Waals surface area contributed by atoms with Crippen molar-refractivity contribution in [3.8, 4) is 0 Å². The normalized spacial score (nSPS) is 45.6. The molecule has 0 aromatic heterocycles. The smallest absolute Gasteiger partial charge is 0.192 e. The molecule has 0 aliphatic heterocycles. The van der Waals surface area contributed by atoms with Crippen molar-refractivity contribution in [1.82, 2.24) is 0 Å². The van der Waals surface area contributed by atoms with E-state index in [-0.39, 0.29) is 0 Å². The molecule has 7 atom stereocenters. The first-order chi connectivity index (χ1) is 13.9. The first-order valence-corrected chi connectivity index (χ1v) is 15.6. The minimum Gasteiger partial charge on any atom is -0.414 e. The minimum absolute atomic E-state index is 0.295. The highest BCUT2D eigenvalue weighted by Gasteiger charge is 2.60. The Hall–Kier alpha value is -0.353. The zero-order chi connectivity index (χ0) is 21.9. The van der Waals surface area contributed by atoms with Crippen LogP contribution in [-0.4, -0.2) is 27.2 Å². The van der Waals surface area contributed by atoms with E-state index in [0.29, 0.717) is 22.0 Å². The summed E-state index contributed by atoms with van der Waals surface area (Å²) in [7, 11) is 0.0382. The van der Waals surface area contributed by atoms with Crippen LogP contribution in [0.3, 0.4) is 0 Å². The van der Waals surface area contributed by atoms with E-state index in [1.54, 1.807) is 7.11 Å². The quantitative estimate of drug-likeness (QED) is 0.342. The van der Waals surface area contributed by atoms with Crippen molar-refractivity contribution in [1.29, 1.82) is 0 Å². The Balaban J connectivity index is 1.48. The van der Waals surface area contributed by atoms with E-state index in [2.05, 4.69) is 52.9 Å². The summed E-state index contributed by atoms with van der Waals surface area (Å²) in [6, 6.07) is 0. The number of fused-ring (bicyclic) bond motifs is 5. The molecule has 3 unspecified atom stereocenters. The molecule has 4 saturated carbocycles. The van der Waals surface area contributed by atoms with E-state index >= 15 is 0 Å². The van der Waals surface area contributed by atoms with E-state index in [0.717, 1.165) is 30.1 Å². The second kappa shape index (κ2) is 7.61. The van der Waals surface area contributed by atoms with E-state index in [4.69, 9.17) is 9.26 Å². The van der Waals surface area contributed by atoms with Gasteiger partial charge in [-0.3, -0.25) is 0 Å². The molecule has 4 rings (SSSR count). The molecule has 4 aliphatic rings. The van der Waals surface area contributed by atoms with Gasteiger partial charge in [-0.2, -0.15) is 0 Å². The summed E-state index contributed by atoms with van der Waals surface area (Å²) < 4.78 is 6.91. The van der Waals surface area contributed by atoms with Crippen LogP contribution in [0.5, 0.6) is 0 Å². The van der Waals surface area contributed by atoms with Crippen LogP contribution in [0.4, 0.5) is 0 Å². The fourth-order valence-corrected chi connectivity index (χ4v) is 9.37. The Morgan fingerprint density at radius 3 is 2.37 bits per heavy atom. The molecule has 4 aliphatic carbocycles. The van der Waals surface area contributed by atoms with Gasteiger partial charge in [0.05, 0.1) is 5.71 Å². The number of nitrogens with zero attached hydrogens (tertiary/aromatic N) is 1. The monoisotopic (exact) mass is 433 g/mol. The van der Waals surface area contributed by atoms with Gasteiger partial charge in [0.25, 0.3) is 0 Å². The predicted molar refractivity (Wildman–Crippen MR) is 128 cm³/mol. The average Bonchev–Trinajstić information content (AvgIpc) is 2.98. The molecule has 0 amide bonds. The maximum atomic E-state index is 6.91. The SMILES string of the molecule is CON=C1CCC2C3CC[C@H]4C[C@@H](O[Si](C)(C)C(C)(C)C)CC[C@]4(C)C3CC[C@]12C. The zero-order valence-corrected chi connectivity index (χ0v) is 22.0. The lowest BCUT2D eigenvalue weighted by molar-refractivity contribution is -0.112. The van der Waals surface area contributed by atoms with Crippen LogP contribution in [0.25, 0.3) is 0 Å². The van der Waals surface area contributed by atoms with Crippen molar-refractivity contribution in [2.45, 2.75) is 117 Å². The Bertz CT molecular complexity index is 683. The number of rotatable bonds is 3. The van der Waals surface area contributed by atoms with Gasteiger partial charge in [-0.25, -0.2) is 0 Å². The maximum Gasteiger partial charge on any atom is 0.192 e. The lowest BCUT2D eigenvalue weighted by atomic mass is 9.45. The van der Waals surface area contributed by atoms with Gasteiger partial charge in [0.2, 0.25) is 0 Å². The summed E-state index contributed by atoms with van der Waals surface area (Å²) >= 11 is 0. The van der Waals surface area contributed by atoms with Crippen LogP contribution in [0.15, 0.2) is 5.16 Å². The van der Waals surface area contributed by atoms with Crippen molar-refractivity contribution >= 4 is 14.0 Å². The molecule has 3 nitrogen and oxygen atoms in total. The van der Waals surface area contributed by atoms with Gasteiger partial charge in [-0.05, 0) is 105 Å². The molecule has 0 bridgehead atoms. The van der Waals surface area contributed by atoms with Gasteiger partial charge in [0.15, 0.2) is 8.32 Å². The van der Waals surface area contributed by atoms with Crippen molar-refractivity contribution in [3.63, 3.8) is 0 Å². The van der Waals surface area contributed by atoms with Crippen molar-refractivity contribution in [2.75, 3.05) is 7.11 Å². The Morgan fingerprint density at radius 1 is 0.967 bits per heavy atom. The molecule has 0 saturated heterocycles. The highest BCUT2D eigenvalue weighted by atomic mass is 28.4. The molecule has 0 aromatic rings. The van der Waals surface area contributed by atoms with Crippen molar-refractivity contribution < 1.29 is 9.26 Å². The largest absolute Gasteiger partial charge is 0.414 e. The molecular formula is C26H47NO2Si. The summed E-state index contributed by atoms with van der Waals surface area (Å²) in [4.78, 5) is 5.23. The number of hydrogen-bond acceptors (Lipinski definition) is 3. The molecule has 0 heterocycles. The molecule has 30 heavy (non-hydrogen) atoms. The second-order valence-electron chi connectivity index (χ2n) is 13.1. The fraction of sp³-hybridized carbons (Fsp3) is 0.962. The van der Waals surface area contributed by atoms with E-state index < -0.39 is 8.32 Å². The lowest BCUT2D eigenvalue weighted by Crippen LogP contribution is -2.55. The maximum absolute atomic E-state index is 6.91. The fourth-order valence-electron chi connectivity index (χ4n) is 7.97. The molecular weight excluding hydrogens is 386 g/mol. The number of oxime groups is 1. The van der Waals surface area contributed by atoms with Gasteiger partial charge in [-0.15, -0.1) is 0 Å².